The van der Waals surface area contributed by atoms with Crippen molar-refractivity contribution >= 4 is 28.4 Å². The molecule has 0 saturated carbocycles. The van der Waals surface area contributed by atoms with Gasteiger partial charge in [0.2, 0.25) is 0 Å². The fourth-order valence-electron chi connectivity index (χ4n) is 3.62. The Balaban J connectivity index is 1.70. The Morgan fingerprint density at radius 3 is 2.45 bits per heavy atom. The van der Waals surface area contributed by atoms with E-state index < -0.39 is 5.91 Å². The molecule has 0 radical (unpaired) electrons. The van der Waals surface area contributed by atoms with Crippen molar-refractivity contribution in [2.75, 3.05) is 5.32 Å². The zero-order valence-corrected chi connectivity index (χ0v) is 18.6. The van der Waals surface area contributed by atoms with Crippen LogP contribution in [0.1, 0.15) is 22.3 Å². The number of carbonyl (C=O) groups is 1. The average molecular weight is 433 g/mol. The molecule has 4 aromatic carbocycles. The molecule has 0 saturated heterocycles. The van der Waals surface area contributed by atoms with Crippen molar-refractivity contribution in [3.8, 4) is 11.8 Å². The predicted molar refractivity (Wildman–Crippen MR) is 133 cm³/mol. The van der Waals surface area contributed by atoms with Crippen LogP contribution in [0.3, 0.4) is 0 Å². The van der Waals surface area contributed by atoms with Crippen molar-refractivity contribution in [1.82, 2.24) is 0 Å². The summed E-state index contributed by atoms with van der Waals surface area (Å²) in [5.41, 5.74) is 4.84. The maximum absolute atomic E-state index is 12.8. The van der Waals surface area contributed by atoms with E-state index in [2.05, 4.69) is 31.3 Å². The summed E-state index contributed by atoms with van der Waals surface area (Å²) in [6.45, 7) is 4.54. The zero-order chi connectivity index (χ0) is 23.2. The minimum Gasteiger partial charge on any atom is -0.488 e. The number of nitrogens with zero attached hydrogens (tertiary/aromatic N) is 1. The molecule has 0 aromatic heterocycles. The summed E-state index contributed by atoms with van der Waals surface area (Å²) in [5, 5.41) is 14.4. The lowest BCUT2D eigenvalue weighted by Crippen LogP contribution is -2.13. The molecule has 4 aromatic rings. The van der Waals surface area contributed by atoms with Gasteiger partial charge in [0, 0.05) is 11.3 Å². The Morgan fingerprint density at radius 1 is 0.939 bits per heavy atom. The first-order chi connectivity index (χ1) is 16.0. The third-order valence-corrected chi connectivity index (χ3v) is 5.58. The summed E-state index contributed by atoms with van der Waals surface area (Å²) in [5.74, 6) is 0.156. The minimum absolute atomic E-state index is 0.00577. The van der Waals surface area contributed by atoms with Gasteiger partial charge in [0.25, 0.3) is 5.91 Å². The first-order valence-corrected chi connectivity index (χ1v) is 10.7. The molecular formula is C29H24N2O2. The Kier molecular flexibility index (Phi) is 6.52. The molecule has 4 nitrogen and oxygen atoms in total. The van der Waals surface area contributed by atoms with Gasteiger partial charge in [-0.2, -0.15) is 5.26 Å². The molecule has 0 bridgehead atoms. The molecule has 0 spiro atoms. The molecule has 0 atom stereocenters. The molecule has 33 heavy (non-hydrogen) atoms. The number of aryl methyl sites for hydroxylation is 2. The highest BCUT2D eigenvalue weighted by Crippen LogP contribution is 2.31. The summed E-state index contributed by atoms with van der Waals surface area (Å²) in [4.78, 5) is 12.8. The second-order valence-electron chi connectivity index (χ2n) is 7.90. The maximum Gasteiger partial charge on any atom is 0.266 e. The van der Waals surface area contributed by atoms with Gasteiger partial charge in [-0.1, -0.05) is 66.7 Å². The van der Waals surface area contributed by atoms with Crippen molar-refractivity contribution < 1.29 is 9.53 Å². The molecule has 0 fully saturated rings. The lowest BCUT2D eigenvalue weighted by atomic mass is 10.0. The summed E-state index contributed by atoms with van der Waals surface area (Å²) in [7, 11) is 0. The van der Waals surface area contributed by atoms with Gasteiger partial charge in [0.1, 0.15) is 24.0 Å². The van der Waals surface area contributed by atoms with Gasteiger partial charge in [-0.15, -0.1) is 0 Å². The normalized spacial score (nSPS) is 11.1. The van der Waals surface area contributed by atoms with Crippen LogP contribution in [0, 0.1) is 25.2 Å². The van der Waals surface area contributed by atoms with E-state index in [1.165, 1.54) is 11.1 Å². The van der Waals surface area contributed by atoms with Crippen LogP contribution in [-0.2, 0) is 11.4 Å². The van der Waals surface area contributed by atoms with Gasteiger partial charge in [-0.3, -0.25) is 4.79 Å². The maximum atomic E-state index is 12.8. The third-order valence-electron chi connectivity index (χ3n) is 5.58. The summed E-state index contributed by atoms with van der Waals surface area (Å²) in [6.07, 6.45) is 1.61. The van der Waals surface area contributed by atoms with Crippen molar-refractivity contribution in [1.29, 1.82) is 5.26 Å². The Labute approximate surface area is 193 Å². The Bertz CT molecular complexity index is 1380. The molecule has 0 unspecified atom stereocenters. The standard InChI is InChI=1S/C29H24N2O2/c1-20-12-13-22(16-21(20)2)19-33-28-15-14-23-8-6-7-11-26(23)27(28)17-24(18-30)29(32)31-25-9-4-3-5-10-25/h3-17H,19H2,1-2H3,(H,31,32)/b24-17+. The van der Waals surface area contributed by atoms with Crippen LogP contribution < -0.4 is 10.1 Å². The molecular weight excluding hydrogens is 408 g/mol. The van der Waals surface area contributed by atoms with Crippen LogP contribution in [-0.4, -0.2) is 5.91 Å². The predicted octanol–water partition coefficient (Wildman–Crippen LogP) is 6.58. The smallest absolute Gasteiger partial charge is 0.266 e. The third kappa shape index (κ3) is 5.11. The number of para-hydroxylation sites is 1. The highest BCUT2D eigenvalue weighted by atomic mass is 16.5. The van der Waals surface area contributed by atoms with Crippen LogP contribution >= 0.6 is 0 Å². The van der Waals surface area contributed by atoms with E-state index >= 15 is 0 Å². The number of hydrogen-bond acceptors (Lipinski definition) is 3. The van der Waals surface area contributed by atoms with E-state index in [4.69, 9.17) is 4.74 Å². The second-order valence-corrected chi connectivity index (χ2v) is 7.90. The molecule has 162 valence electrons. The largest absolute Gasteiger partial charge is 0.488 e. The SMILES string of the molecule is Cc1ccc(COc2ccc3ccccc3c2/C=C(\C#N)C(=O)Nc2ccccc2)cc1C. The zero-order valence-electron chi connectivity index (χ0n) is 18.6. The van der Waals surface area contributed by atoms with E-state index in [9.17, 15) is 10.1 Å². The highest BCUT2D eigenvalue weighted by molar-refractivity contribution is 6.11. The minimum atomic E-state index is -0.461. The molecule has 0 aliphatic heterocycles. The molecule has 1 N–H and O–H groups in total. The molecule has 1 amide bonds. The van der Waals surface area contributed by atoms with E-state index in [0.29, 0.717) is 23.6 Å². The molecule has 4 heteroatoms. The van der Waals surface area contributed by atoms with Crippen molar-refractivity contribution in [2.24, 2.45) is 0 Å². The van der Waals surface area contributed by atoms with Crippen molar-refractivity contribution in [3.63, 3.8) is 0 Å². The number of benzene rings is 4. The molecule has 4 rings (SSSR count). The number of fused-ring (bicyclic) bond motifs is 1. The van der Waals surface area contributed by atoms with Gasteiger partial charge >= 0.3 is 0 Å². The summed E-state index contributed by atoms with van der Waals surface area (Å²) < 4.78 is 6.18. The molecule has 0 aliphatic carbocycles. The molecule has 0 heterocycles. The van der Waals surface area contributed by atoms with Gasteiger partial charge in [-0.05, 0) is 65.6 Å². The van der Waals surface area contributed by atoms with Crippen LogP contribution in [0.15, 0.2) is 90.5 Å². The quantitative estimate of drug-likeness (QED) is 0.276. The van der Waals surface area contributed by atoms with Gasteiger partial charge < -0.3 is 10.1 Å². The number of nitrogens with one attached hydrogen (secondary N) is 1. The van der Waals surface area contributed by atoms with Gasteiger partial charge in [0.05, 0.1) is 0 Å². The fraction of sp³-hybridized carbons (Fsp3) is 0.103. The van der Waals surface area contributed by atoms with E-state index in [1.54, 1.807) is 18.2 Å². The fourth-order valence-corrected chi connectivity index (χ4v) is 3.62. The molecule has 0 aliphatic rings. The van der Waals surface area contributed by atoms with E-state index in [-0.39, 0.29) is 5.57 Å². The van der Waals surface area contributed by atoms with Gasteiger partial charge in [0.15, 0.2) is 0 Å². The number of carbonyl (C=O) groups excluding carboxylic acids is 1. The summed E-state index contributed by atoms with van der Waals surface area (Å²) >= 11 is 0. The first-order valence-electron chi connectivity index (χ1n) is 10.7. The van der Waals surface area contributed by atoms with Crippen LogP contribution in [0.25, 0.3) is 16.8 Å². The lowest BCUT2D eigenvalue weighted by Gasteiger charge is -2.13. The first kappa shape index (κ1) is 21.9. The second kappa shape index (κ2) is 9.84. The van der Waals surface area contributed by atoms with E-state index in [1.807, 2.05) is 66.7 Å². The van der Waals surface area contributed by atoms with E-state index in [0.717, 1.165) is 16.3 Å². The number of rotatable bonds is 6. The average Bonchev–Trinajstić information content (AvgIpc) is 2.84. The van der Waals surface area contributed by atoms with Crippen LogP contribution in [0.5, 0.6) is 5.75 Å². The lowest BCUT2D eigenvalue weighted by molar-refractivity contribution is -0.112. The topological polar surface area (TPSA) is 62.1 Å². The van der Waals surface area contributed by atoms with Crippen molar-refractivity contribution in [3.05, 3.63) is 113 Å². The Morgan fingerprint density at radius 2 is 1.70 bits per heavy atom. The number of amides is 1. The monoisotopic (exact) mass is 432 g/mol. The highest BCUT2D eigenvalue weighted by Gasteiger charge is 2.14. The van der Waals surface area contributed by atoms with Crippen LogP contribution in [0.2, 0.25) is 0 Å². The number of hydrogen-bond donors (Lipinski definition) is 1. The number of ether oxygens (including phenoxy) is 1. The number of nitriles is 1. The Hall–Kier alpha value is -4.36. The summed E-state index contributed by atoms with van der Waals surface area (Å²) in [6, 6.07) is 29.1. The number of anilines is 1. The van der Waals surface area contributed by atoms with Gasteiger partial charge in [-0.25, -0.2) is 0 Å². The van der Waals surface area contributed by atoms with Crippen LogP contribution in [0.4, 0.5) is 5.69 Å². The van der Waals surface area contributed by atoms with Crippen molar-refractivity contribution in [2.45, 2.75) is 20.5 Å².